The summed E-state index contributed by atoms with van der Waals surface area (Å²) in [6, 6.07) is 7.71. The Hall–Kier alpha value is -1.69. The molecule has 0 spiro atoms. The number of benzene rings is 1. The second-order valence-electron chi connectivity index (χ2n) is 5.05. The van der Waals surface area contributed by atoms with Crippen LogP contribution in [0.4, 0.5) is 5.95 Å². The van der Waals surface area contributed by atoms with E-state index in [0.29, 0.717) is 11.0 Å². The van der Waals surface area contributed by atoms with Crippen LogP contribution in [0, 0.1) is 6.92 Å². The summed E-state index contributed by atoms with van der Waals surface area (Å²) in [7, 11) is 0. The molecule has 1 atom stereocenters. The van der Waals surface area contributed by atoms with Gasteiger partial charge in [-0.2, -0.15) is 0 Å². The van der Waals surface area contributed by atoms with E-state index in [0.717, 1.165) is 26.2 Å². The fourth-order valence-electron chi connectivity index (χ4n) is 2.12. The van der Waals surface area contributed by atoms with Crippen molar-refractivity contribution in [1.82, 2.24) is 15.0 Å². The average molecular weight is 365 g/mol. The molecule has 23 heavy (non-hydrogen) atoms. The summed E-state index contributed by atoms with van der Waals surface area (Å²) < 4.78 is 0. The Balaban J connectivity index is 1.82. The van der Waals surface area contributed by atoms with E-state index in [1.807, 2.05) is 31.2 Å². The van der Waals surface area contributed by atoms with Crippen LogP contribution in [0.15, 0.2) is 36.7 Å². The van der Waals surface area contributed by atoms with Crippen LogP contribution in [0.2, 0.25) is 10.0 Å². The van der Waals surface area contributed by atoms with Gasteiger partial charge in [-0.25, -0.2) is 15.0 Å². The number of halogens is 2. The van der Waals surface area contributed by atoms with Crippen molar-refractivity contribution in [2.24, 2.45) is 0 Å². The summed E-state index contributed by atoms with van der Waals surface area (Å²) in [5, 5.41) is 5.44. The van der Waals surface area contributed by atoms with Crippen LogP contribution < -0.4 is 5.32 Å². The summed E-state index contributed by atoms with van der Waals surface area (Å²) in [5.74, 6) is 0.530. The molecule has 4 nitrogen and oxygen atoms in total. The first-order valence-corrected chi connectivity index (χ1v) is 8.57. The van der Waals surface area contributed by atoms with Gasteiger partial charge in [0.25, 0.3) is 0 Å². The van der Waals surface area contributed by atoms with E-state index in [9.17, 15) is 0 Å². The molecule has 1 aromatic carbocycles. The highest BCUT2D eigenvalue weighted by atomic mass is 35.5. The molecule has 3 rings (SSSR count). The van der Waals surface area contributed by atoms with Crippen LogP contribution in [0.5, 0.6) is 0 Å². The Bertz CT molecular complexity index is 800. The molecule has 0 aliphatic carbocycles. The molecule has 0 radical (unpaired) electrons. The van der Waals surface area contributed by atoms with Crippen molar-refractivity contribution >= 4 is 40.5 Å². The van der Waals surface area contributed by atoms with E-state index in [1.165, 1.54) is 0 Å². The average Bonchev–Trinajstić information content (AvgIpc) is 2.92. The number of rotatable bonds is 4. The predicted molar refractivity (Wildman–Crippen MR) is 96.4 cm³/mol. The third-order valence-corrected chi connectivity index (χ3v) is 4.87. The van der Waals surface area contributed by atoms with Crippen LogP contribution >= 0.6 is 34.5 Å². The van der Waals surface area contributed by atoms with Gasteiger partial charge in [0.1, 0.15) is 5.01 Å². The highest BCUT2D eigenvalue weighted by Gasteiger charge is 2.15. The molecule has 0 aliphatic rings. The van der Waals surface area contributed by atoms with Crippen LogP contribution in [-0.4, -0.2) is 15.0 Å². The minimum Gasteiger partial charge on any atom is -0.345 e. The second-order valence-corrected chi connectivity index (χ2v) is 7.16. The molecule has 0 saturated carbocycles. The molecule has 3 aromatic rings. The van der Waals surface area contributed by atoms with Crippen molar-refractivity contribution in [2.45, 2.75) is 19.9 Å². The van der Waals surface area contributed by atoms with Gasteiger partial charge < -0.3 is 5.32 Å². The number of aryl methyl sites for hydroxylation is 1. The zero-order chi connectivity index (χ0) is 16.4. The minimum atomic E-state index is 0.000857. The van der Waals surface area contributed by atoms with E-state index >= 15 is 0 Å². The number of nitrogens with zero attached hydrogens (tertiary/aromatic N) is 3. The van der Waals surface area contributed by atoms with Gasteiger partial charge in [-0.3, -0.25) is 0 Å². The van der Waals surface area contributed by atoms with Gasteiger partial charge in [-0.05, 0) is 26.0 Å². The summed E-state index contributed by atoms with van der Waals surface area (Å²) in [4.78, 5) is 14.2. The van der Waals surface area contributed by atoms with E-state index in [2.05, 4.69) is 22.2 Å². The fraction of sp³-hybridized carbons (Fsp3) is 0.188. The molecule has 7 heteroatoms. The van der Waals surface area contributed by atoms with Crippen molar-refractivity contribution in [3.8, 4) is 11.3 Å². The van der Waals surface area contributed by atoms with E-state index in [1.54, 1.807) is 23.7 Å². The number of aromatic nitrogens is 3. The summed E-state index contributed by atoms with van der Waals surface area (Å²) >= 11 is 13.4. The van der Waals surface area contributed by atoms with Gasteiger partial charge >= 0.3 is 0 Å². The molecular formula is C16H14Cl2N4S. The smallest absolute Gasteiger partial charge is 0.223 e. The molecule has 1 unspecified atom stereocenters. The lowest BCUT2D eigenvalue weighted by Crippen LogP contribution is -2.08. The maximum absolute atomic E-state index is 5.94. The second kappa shape index (κ2) is 6.83. The number of nitrogens with one attached hydrogen (secondary N) is 1. The topological polar surface area (TPSA) is 50.7 Å². The minimum absolute atomic E-state index is 0.000857. The first-order chi connectivity index (χ1) is 11.0. The van der Waals surface area contributed by atoms with Gasteiger partial charge in [-0.15, -0.1) is 11.3 Å². The molecule has 2 heterocycles. The SMILES string of the molecule is Cc1sc(C(C)Nc2ncc(Cl)cn2)nc1-c1ccc(Cl)cc1. The van der Waals surface area contributed by atoms with E-state index in [4.69, 9.17) is 28.2 Å². The normalized spacial score (nSPS) is 12.2. The van der Waals surface area contributed by atoms with Crippen molar-refractivity contribution in [2.75, 3.05) is 5.32 Å². The molecule has 1 N–H and O–H groups in total. The molecule has 0 saturated heterocycles. The standard InChI is InChI=1S/C16H14Cl2N4S/c1-9(21-16-19-7-13(18)8-20-16)15-22-14(10(2)23-15)11-3-5-12(17)6-4-11/h3-9H,1-2H3,(H,19,20,21). The molecule has 0 bridgehead atoms. The molecule has 118 valence electrons. The highest BCUT2D eigenvalue weighted by molar-refractivity contribution is 7.12. The van der Waals surface area contributed by atoms with Crippen LogP contribution in [0.25, 0.3) is 11.3 Å². The lowest BCUT2D eigenvalue weighted by molar-refractivity contribution is 0.849. The predicted octanol–water partition coefficient (Wildman–Crippen LogP) is 5.39. The number of anilines is 1. The fourth-order valence-corrected chi connectivity index (χ4v) is 3.29. The van der Waals surface area contributed by atoms with Gasteiger partial charge in [0.15, 0.2) is 0 Å². The zero-order valence-corrected chi connectivity index (χ0v) is 14.9. The number of hydrogen-bond acceptors (Lipinski definition) is 5. The zero-order valence-electron chi connectivity index (χ0n) is 12.5. The Labute approximate surface area is 148 Å². The quantitative estimate of drug-likeness (QED) is 0.674. The van der Waals surface area contributed by atoms with Gasteiger partial charge in [-0.1, -0.05) is 35.3 Å². The van der Waals surface area contributed by atoms with E-state index < -0.39 is 0 Å². The van der Waals surface area contributed by atoms with Crippen molar-refractivity contribution in [3.63, 3.8) is 0 Å². The summed E-state index contributed by atoms with van der Waals surface area (Å²) in [6.45, 7) is 4.10. The Kier molecular flexibility index (Phi) is 4.80. The van der Waals surface area contributed by atoms with E-state index in [-0.39, 0.29) is 6.04 Å². The lowest BCUT2D eigenvalue weighted by Gasteiger charge is -2.10. The third kappa shape index (κ3) is 3.80. The maximum atomic E-state index is 5.94. The molecule has 2 aromatic heterocycles. The van der Waals surface area contributed by atoms with Crippen LogP contribution in [-0.2, 0) is 0 Å². The maximum Gasteiger partial charge on any atom is 0.223 e. The lowest BCUT2D eigenvalue weighted by atomic mass is 10.1. The van der Waals surface area contributed by atoms with Gasteiger partial charge in [0.2, 0.25) is 5.95 Å². The summed E-state index contributed by atoms with van der Waals surface area (Å²) in [5.41, 5.74) is 2.04. The Morgan fingerprint density at radius 3 is 2.35 bits per heavy atom. The molecule has 0 aliphatic heterocycles. The van der Waals surface area contributed by atoms with Crippen molar-refractivity contribution in [1.29, 1.82) is 0 Å². The highest BCUT2D eigenvalue weighted by Crippen LogP contribution is 2.31. The first kappa shape index (κ1) is 16.2. The van der Waals surface area contributed by atoms with Crippen molar-refractivity contribution in [3.05, 3.63) is 56.6 Å². The number of hydrogen-bond donors (Lipinski definition) is 1. The van der Waals surface area contributed by atoms with Gasteiger partial charge in [0.05, 0.1) is 29.2 Å². The van der Waals surface area contributed by atoms with Crippen LogP contribution in [0.1, 0.15) is 22.9 Å². The monoisotopic (exact) mass is 364 g/mol. The third-order valence-electron chi connectivity index (χ3n) is 3.27. The molecule has 0 fully saturated rings. The Morgan fingerprint density at radius 1 is 1.04 bits per heavy atom. The van der Waals surface area contributed by atoms with Gasteiger partial charge in [0, 0.05) is 15.5 Å². The first-order valence-electron chi connectivity index (χ1n) is 7.00. The Morgan fingerprint density at radius 2 is 1.70 bits per heavy atom. The molecular weight excluding hydrogens is 351 g/mol. The molecule has 0 amide bonds. The number of thiazole rings is 1. The largest absolute Gasteiger partial charge is 0.345 e. The van der Waals surface area contributed by atoms with Crippen LogP contribution in [0.3, 0.4) is 0 Å². The van der Waals surface area contributed by atoms with Crippen molar-refractivity contribution < 1.29 is 0 Å². The summed E-state index contributed by atoms with van der Waals surface area (Å²) in [6.07, 6.45) is 3.13.